The molecule has 2 N–H and O–H groups in total. The molecular formula is C11H13N3O4S2. The van der Waals surface area contributed by atoms with E-state index >= 15 is 0 Å². The van der Waals surface area contributed by atoms with E-state index in [-0.39, 0.29) is 15.7 Å². The molecule has 2 aromatic rings. The largest absolute Gasteiger partial charge is 0.477 e. The molecule has 20 heavy (non-hydrogen) atoms. The first kappa shape index (κ1) is 14.5. The van der Waals surface area contributed by atoms with Gasteiger partial charge in [0.05, 0.1) is 5.69 Å². The van der Waals surface area contributed by atoms with Gasteiger partial charge in [0.25, 0.3) is 10.0 Å². The topological polar surface area (TPSA) is 101 Å². The standard InChI is InChI=1S/C11H13N3O4S2/c1-3-14-5-8(4-9(14)10(15)16)20(17,18)13-11-12-7(2)6-19-11/h4-6H,3H2,1-2H3,(H,12,13)(H,15,16). The van der Waals surface area contributed by atoms with Gasteiger partial charge in [-0.15, -0.1) is 11.3 Å². The Balaban J connectivity index is 2.37. The molecule has 9 heteroatoms. The van der Waals surface area contributed by atoms with Crippen molar-refractivity contribution in [3.05, 3.63) is 29.0 Å². The molecule has 0 aliphatic heterocycles. The van der Waals surface area contributed by atoms with Gasteiger partial charge in [-0.05, 0) is 19.9 Å². The smallest absolute Gasteiger partial charge is 0.352 e. The molecule has 0 fully saturated rings. The van der Waals surface area contributed by atoms with Crippen LogP contribution in [0, 0.1) is 6.92 Å². The van der Waals surface area contributed by atoms with Crippen molar-refractivity contribution in [1.29, 1.82) is 0 Å². The van der Waals surface area contributed by atoms with Crippen molar-refractivity contribution in [2.75, 3.05) is 4.72 Å². The van der Waals surface area contributed by atoms with Gasteiger partial charge in [-0.1, -0.05) is 0 Å². The molecule has 0 atom stereocenters. The molecule has 2 rings (SSSR count). The van der Waals surface area contributed by atoms with E-state index in [1.807, 2.05) is 0 Å². The van der Waals surface area contributed by atoms with Gasteiger partial charge in [0, 0.05) is 18.1 Å². The Bertz CT molecular complexity index is 746. The fraction of sp³-hybridized carbons (Fsp3) is 0.273. The molecule has 7 nitrogen and oxygen atoms in total. The van der Waals surface area contributed by atoms with Crippen LogP contribution in [-0.4, -0.2) is 29.0 Å². The second-order valence-electron chi connectivity index (χ2n) is 4.05. The summed E-state index contributed by atoms with van der Waals surface area (Å²) in [5.74, 6) is -1.17. The van der Waals surface area contributed by atoms with Crippen LogP contribution in [0.5, 0.6) is 0 Å². The van der Waals surface area contributed by atoms with Crippen LogP contribution in [0.4, 0.5) is 5.13 Å². The SMILES string of the molecule is CCn1cc(S(=O)(=O)Nc2nc(C)cs2)cc1C(=O)O. The summed E-state index contributed by atoms with van der Waals surface area (Å²) in [5, 5.41) is 11.0. The number of carboxylic acids is 1. The highest BCUT2D eigenvalue weighted by atomic mass is 32.2. The summed E-state index contributed by atoms with van der Waals surface area (Å²) in [6, 6.07) is 1.13. The lowest BCUT2D eigenvalue weighted by Crippen LogP contribution is -2.12. The number of sulfonamides is 1. The van der Waals surface area contributed by atoms with Crippen LogP contribution in [0.3, 0.4) is 0 Å². The van der Waals surface area contributed by atoms with Crippen LogP contribution in [-0.2, 0) is 16.6 Å². The van der Waals surface area contributed by atoms with Crippen molar-refractivity contribution in [1.82, 2.24) is 9.55 Å². The minimum atomic E-state index is -3.83. The van der Waals surface area contributed by atoms with Gasteiger partial charge < -0.3 is 9.67 Å². The van der Waals surface area contributed by atoms with Crippen molar-refractivity contribution < 1.29 is 18.3 Å². The van der Waals surface area contributed by atoms with Gasteiger partial charge in [0.1, 0.15) is 10.6 Å². The Hall–Kier alpha value is -1.87. The van der Waals surface area contributed by atoms with Crippen molar-refractivity contribution >= 4 is 32.5 Å². The number of anilines is 1. The maximum absolute atomic E-state index is 12.2. The van der Waals surface area contributed by atoms with E-state index in [9.17, 15) is 13.2 Å². The predicted octanol–water partition coefficient (Wildman–Crippen LogP) is 1.77. The van der Waals surface area contributed by atoms with Crippen LogP contribution < -0.4 is 4.72 Å². The normalized spacial score (nSPS) is 11.5. The number of nitrogens with one attached hydrogen (secondary N) is 1. The number of rotatable bonds is 5. The second-order valence-corrected chi connectivity index (χ2v) is 6.59. The number of hydrogen-bond donors (Lipinski definition) is 2. The molecule has 2 heterocycles. The van der Waals surface area contributed by atoms with E-state index in [4.69, 9.17) is 5.11 Å². The first-order valence-electron chi connectivity index (χ1n) is 5.72. The number of aryl methyl sites for hydroxylation is 2. The molecule has 0 aliphatic carbocycles. The van der Waals surface area contributed by atoms with E-state index in [1.165, 1.54) is 22.1 Å². The number of aromatic carboxylic acids is 1. The maximum Gasteiger partial charge on any atom is 0.352 e. The predicted molar refractivity (Wildman–Crippen MR) is 74.7 cm³/mol. The highest BCUT2D eigenvalue weighted by Crippen LogP contribution is 2.21. The Kier molecular flexibility index (Phi) is 3.82. The third-order valence-electron chi connectivity index (χ3n) is 2.58. The number of carbonyl (C=O) groups is 1. The maximum atomic E-state index is 12.2. The zero-order chi connectivity index (χ0) is 14.9. The third-order valence-corrected chi connectivity index (χ3v) is 4.89. The van der Waals surface area contributed by atoms with Crippen molar-refractivity contribution in [2.45, 2.75) is 25.3 Å². The molecule has 0 amide bonds. The summed E-state index contributed by atoms with van der Waals surface area (Å²) in [5.41, 5.74) is 0.647. The molecule has 0 saturated carbocycles. The third kappa shape index (κ3) is 2.83. The molecule has 0 aliphatic rings. The Morgan fingerprint density at radius 2 is 2.25 bits per heavy atom. The highest BCUT2D eigenvalue weighted by Gasteiger charge is 2.21. The zero-order valence-electron chi connectivity index (χ0n) is 10.8. The summed E-state index contributed by atoms with van der Waals surface area (Å²) >= 11 is 1.17. The fourth-order valence-electron chi connectivity index (χ4n) is 1.65. The Labute approximate surface area is 119 Å². The van der Waals surface area contributed by atoms with Gasteiger partial charge in [-0.25, -0.2) is 18.2 Å². The zero-order valence-corrected chi connectivity index (χ0v) is 12.5. The van der Waals surface area contributed by atoms with Crippen LogP contribution in [0.25, 0.3) is 0 Å². The molecule has 0 spiro atoms. The number of aromatic nitrogens is 2. The van der Waals surface area contributed by atoms with E-state index in [2.05, 4.69) is 9.71 Å². The van der Waals surface area contributed by atoms with Crippen molar-refractivity contribution in [3.63, 3.8) is 0 Å². The van der Waals surface area contributed by atoms with E-state index in [0.717, 1.165) is 6.07 Å². The van der Waals surface area contributed by atoms with Gasteiger partial charge in [-0.2, -0.15) is 0 Å². The summed E-state index contributed by atoms with van der Waals surface area (Å²) in [4.78, 5) is 15.0. The molecular weight excluding hydrogens is 302 g/mol. The number of carboxylic acid groups (broad SMARTS) is 1. The number of nitrogens with zero attached hydrogens (tertiary/aromatic N) is 2. The van der Waals surface area contributed by atoms with Crippen LogP contribution >= 0.6 is 11.3 Å². The molecule has 0 unspecified atom stereocenters. The molecule has 108 valence electrons. The van der Waals surface area contributed by atoms with Gasteiger partial charge in [0.2, 0.25) is 0 Å². The van der Waals surface area contributed by atoms with Crippen LogP contribution in [0.1, 0.15) is 23.1 Å². The lowest BCUT2D eigenvalue weighted by atomic mass is 10.4. The summed E-state index contributed by atoms with van der Waals surface area (Å²) in [6.07, 6.45) is 1.30. The summed E-state index contributed by atoms with van der Waals surface area (Å²) < 4.78 is 28.0. The van der Waals surface area contributed by atoms with Crippen LogP contribution in [0.15, 0.2) is 22.5 Å². The second kappa shape index (κ2) is 5.25. The minimum absolute atomic E-state index is 0.0665. The Morgan fingerprint density at radius 1 is 1.55 bits per heavy atom. The van der Waals surface area contributed by atoms with E-state index in [1.54, 1.807) is 19.2 Å². The van der Waals surface area contributed by atoms with E-state index < -0.39 is 16.0 Å². The number of thiazole rings is 1. The Morgan fingerprint density at radius 3 is 2.70 bits per heavy atom. The van der Waals surface area contributed by atoms with Crippen LogP contribution in [0.2, 0.25) is 0 Å². The number of hydrogen-bond acceptors (Lipinski definition) is 5. The summed E-state index contributed by atoms with van der Waals surface area (Å²) in [6.45, 7) is 3.86. The van der Waals surface area contributed by atoms with Gasteiger partial charge in [-0.3, -0.25) is 4.72 Å². The first-order chi connectivity index (χ1) is 9.33. The van der Waals surface area contributed by atoms with Crippen molar-refractivity contribution in [2.24, 2.45) is 0 Å². The van der Waals surface area contributed by atoms with Crippen molar-refractivity contribution in [3.8, 4) is 0 Å². The van der Waals surface area contributed by atoms with Gasteiger partial charge in [0.15, 0.2) is 5.13 Å². The molecule has 0 radical (unpaired) electrons. The monoisotopic (exact) mass is 315 g/mol. The lowest BCUT2D eigenvalue weighted by Gasteiger charge is -2.02. The minimum Gasteiger partial charge on any atom is -0.477 e. The average molecular weight is 315 g/mol. The molecule has 0 saturated heterocycles. The molecule has 0 bridgehead atoms. The average Bonchev–Trinajstić information content (AvgIpc) is 2.95. The molecule has 2 aromatic heterocycles. The lowest BCUT2D eigenvalue weighted by molar-refractivity contribution is 0.0685. The van der Waals surface area contributed by atoms with Gasteiger partial charge >= 0.3 is 5.97 Å². The first-order valence-corrected chi connectivity index (χ1v) is 8.08. The molecule has 0 aromatic carbocycles. The fourth-order valence-corrected chi connectivity index (χ4v) is 3.63. The highest BCUT2D eigenvalue weighted by molar-refractivity contribution is 7.93. The summed E-state index contributed by atoms with van der Waals surface area (Å²) in [7, 11) is -3.83. The van der Waals surface area contributed by atoms with E-state index in [0.29, 0.717) is 12.2 Å². The quantitative estimate of drug-likeness (QED) is 0.875.